The number of carbonyl (C=O) groups is 1. The van der Waals surface area contributed by atoms with Gasteiger partial charge in [0.15, 0.2) is 14.6 Å². The summed E-state index contributed by atoms with van der Waals surface area (Å²) < 4.78 is 24.0. The molecule has 1 saturated carbocycles. The predicted octanol–water partition coefficient (Wildman–Crippen LogP) is 2.01. The molecule has 1 aromatic rings. The lowest BCUT2D eigenvalue weighted by molar-refractivity contribution is -0.121. The van der Waals surface area contributed by atoms with Gasteiger partial charge in [0.1, 0.15) is 0 Å². The van der Waals surface area contributed by atoms with Crippen LogP contribution >= 0.6 is 0 Å². The van der Waals surface area contributed by atoms with Gasteiger partial charge in [0.25, 0.3) is 0 Å². The van der Waals surface area contributed by atoms with Crippen molar-refractivity contribution in [2.24, 2.45) is 0 Å². The number of nitrogens with one attached hydrogen (secondary N) is 1. The number of nitrogens with zero attached hydrogens (tertiary/aromatic N) is 1. The Morgan fingerprint density at radius 3 is 2.36 bits per heavy atom. The first-order valence-corrected chi connectivity index (χ1v) is 11.1. The standard InChI is InChI=1S/C19H26N2O3S/c1-25(23,24)19(10-12-20-13-11-19)17(22)21-14-18(8-4-5-9-18)15-6-2-3-7-16(15)21/h2-3,6-7,20H,4-5,8-14H2,1H3. The number of fused-ring (bicyclic) bond motifs is 2. The van der Waals surface area contributed by atoms with Crippen molar-refractivity contribution in [3.8, 4) is 0 Å². The van der Waals surface area contributed by atoms with E-state index in [9.17, 15) is 13.2 Å². The molecule has 0 bridgehead atoms. The average molecular weight is 362 g/mol. The summed E-state index contributed by atoms with van der Waals surface area (Å²) in [6, 6.07) is 8.09. The third-order valence-corrected chi connectivity index (χ3v) is 8.55. The number of hydrogen-bond donors (Lipinski definition) is 1. The Balaban J connectivity index is 1.78. The van der Waals surface area contributed by atoms with Gasteiger partial charge < -0.3 is 10.2 Å². The molecule has 4 rings (SSSR count). The molecule has 3 aliphatic rings. The van der Waals surface area contributed by atoms with Crippen molar-refractivity contribution < 1.29 is 13.2 Å². The predicted molar refractivity (Wildman–Crippen MR) is 98.6 cm³/mol. The van der Waals surface area contributed by atoms with Gasteiger partial charge in [-0.25, -0.2) is 8.42 Å². The molecule has 1 aliphatic carbocycles. The molecule has 0 aromatic heterocycles. The lowest BCUT2D eigenvalue weighted by Gasteiger charge is -2.38. The Labute approximate surface area is 149 Å². The molecule has 25 heavy (non-hydrogen) atoms. The summed E-state index contributed by atoms with van der Waals surface area (Å²) in [7, 11) is -3.49. The number of rotatable bonds is 2. The maximum absolute atomic E-state index is 13.6. The zero-order valence-corrected chi connectivity index (χ0v) is 15.6. The van der Waals surface area contributed by atoms with Crippen molar-refractivity contribution in [1.82, 2.24) is 5.32 Å². The Kier molecular flexibility index (Phi) is 3.96. The number of benzene rings is 1. The summed E-state index contributed by atoms with van der Waals surface area (Å²) in [5, 5.41) is 3.19. The number of para-hydroxylation sites is 1. The van der Waals surface area contributed by atoms with Gasteiger partial charge in [-0.15, -0.1) is 0 Å². The van der Waals surface area contributed by atoms with Crippen molar-refractivity contribution in [1.29, 1.82) is 0 Å². The summed E-state index contributed by atoms with van der Waals surface area (Å²) in [5.74, 6) is -0.215. The number of hydrogen-bond acceptors (Lipinski definition) is 4. The van der Waals surface area contributed by atoms with E-state index in [0.29, 0.717) is 32.5 Å². The van der Waals surface area contributed by atoms with Crippen LogP contribution in [0.5, 0.6) is 0 Å². The quantitative estimate of drug-likeness (QED) is 0.874. The highest BCUT2D eigenvalue weighted by atomic mass is 32.2. The van der Waals surface area contributed by atoms with Gasteiger partial charge in [0, 0.05) is 23.9 Å². The Morgan fingerprint density at radius 1 is 1.08 bits per heavy atom. The molecule has 0 radical (unpaired) electrons. The minimum absolute atomic E-state index is 0.0257. The van der Waals surface area contributed by atoms with Crippen molar-refractivity contribution in [3.63, 3.8) is 0 Å². The van der Waals surface area contributed by atoms with Gasteiger partial charge >= 0.3 is 0 Å². The fourth-order valence-electron chi connectivity index (χ4n) is 5.11. The molecule has 5 nitrogen and oxygen atoms in total. The highest BCUT2D eigenvalue weighted by molar-refractivity contribution is 7.92. The topological polar surface area (TPSA) is 66.5 Å². The third kappa shape index (κ3) is 2.45. The smallest absolute Gasteiger partial charge is 0.248 e. The Bertz CT molecular complexity index is 791. The number of piperidine rings is 1. The van der Waals surface area contributed by atoms with Crippen molar-refractivity contribution in [2.75, 3.05) is 30.8 Å². The lowest BCUT2D eigenvalue weighted by Crippen LogP contribution is -2.58. The second kappa shape index (κ2) is 5.81. The van der Waals surface area contributed by atoms with Crippen LogP contribution in [0.25, 0.3) is 0 Å². The minimum atomic E-state index is -3.49. The molecule has 1 spiro atoms. The van der Waals surface area contributed by atoms with Crippen molar-refractivity contribution in [2.45, 2.75) is 48.7 Å². The highest BCUT2D eigenvalue weighted by Crippen LogP contribution is 2.51. The fraction of sp³-hybridized carbons (Fsp3) is 0.632. The molecule has 2 fully saturated rings. The second-order valence-electron chi connectivity index (χ2n) is 7.91. The van der Waals surface area contributed by atoms with E-state index in [1.165, 1.54) is 24.7 Å². The molecule has 1 amide bonds. The van der Waals surface area contributed by atoms with Crippen LogP contribution in [0.3, 0.4) is 0 Å². The second-order valence-corrected chi connectivity index (χ2v) is 10.2. The molecule has 6 heteroatoms. The Morgan fingerprint density at radius 2 is 1.72 bits per heavy atom. The number of carbonyl (C=O) groups excluding carboxylic acids is 1. The van der Waals surface area contributed by atoms with Crippen LogP contribution < -0.4 is 10.2 Å². The third-order valence-electron chi connectivity index (χ3n) is 6.54. The van der Waals surface area contributed by atoms with E-state index in [1.807, 2.05) is 18.2 Å². The molecule has 0 atom stereocenters. The van der Waals surface area contributed by atoms with Crippen LogP contribution in [0.15, 0.2) is 24.3 Å². The van der Waals surface area contributed by atoms with Crippen LogP contribution in [-0.4, -0.2) is 45.0 Å². The molecule has 2 aliphatic heterocycles. The number of amides is 1. The van der Waals surface area contributed by atoms with Gasteiger partial charge in [0.05, 0.1) is 0 Å². The monoisotopic (exact) mass is 362 g/mol. The van der Waals surface area contributed by atoms with E-state index in [1.54, 1.807) is 4.90 Å². The average Bonchev–Trinajstić information content (AvgIpc) is 3.21. The minimum Gasteiger partial charge on any atom is -0.317 e. The highest BCUT2D eigenvalue weighted by Gasteiger charge is 2.55. The van der Waals surface area contributed by atoms with Gasteiger partial charge in [-0.1, -0.05) is 31.0 Å². The van der Waals surface area contributed by atoms with Crippen LogP contribution in [0, 0.1) is 0 Å². The van der Waals surface area contributed by atoms with E-state index >= 15 is 0 Å². The van der Waals surface area contributed by atoms with Crippen LogP contribution in [0.4, 0.5) is 5.69 Å². The fourth-order valence-corrected chi connectivity index (χ4v) is 6.48. The molecule has 0 unspecified atom stereocenters. The van der Waals surface area contributed by atoms with E-state index in [4.69, 9.17) is 0 Å². The molecular weight excluding hydrogens is 336 g/mol. The largest absolute Gasteiger partial charge is 0.317 e. The lowest BCUT2D eigenvalue weighted by atomic mass is 9.81. The summed E-state index contributed by atoms with van der Waals surface area (Å²) in [6.07, 6.45) is 6.47. The van der Waals surface area contributed by atoms with Gasteiger partial charge in [0.2, 0.25) is 5.91 Å². The molecule has 1 saturated heterocycles. The van der Waals surface area contributed by atoms with E-state index in [-0.39, 0.29) is 11.3 Å². The summed E-state index contributed by atoms with van der Waals surface area (Å²) in [6.45, 7) is 1.77. The van der Waals surface area contributed by atoms with Gasteiger partial charge in [-0.05, 0) is 50.4 Å². The Hall–Kier alpha value is -1.40. The maximum atomic E-state index is 13.6. The van der Waals surface area contributed by atoms with Gasteiger partial charge in [-0.2, -0.15) is 0 Å². The van der Waals surface area contributed by atoms with E-state index in [2.05, 4.69) is 11.4 Å². The van der Waals surface area contributed by atoms with Crippen molar-refractivity contribution in [3.05, 3.63) is 29.8 Å². The summed E-state index contributed by atoms with van der Waals surface area (Å²) in [4.78, 5) is 15.4. The number of sulfone groups is 1. The summed E-state index contributed by atoms with van der Waals surface area (Å²) >= 11 is 0. The van der Waals surface area contributed by atoms with Crippen molar-refractivity contribution >= 4 is 21.4 Å². The van der Waals surface area contributed by atoms with Crippen LogP contribution in [-0.2, 0) is 20.0 Å². The molecule has 136 valence electrons. The first-order valence-electron chi connectivity index (χ1n) is 9.22. The van der Waals surface area contributed by atoms with Gasteiger partial charge in [-0.3, -0.25) is 4.79 Å². The molecular formula is C19H26N2O3S. The number of anilines is 1. The zero-order valence-electron chi connectivity index (χ0n) is 14.8. The molecule has 1 N–H and O–H groups in total. The maximum Gasteiger partial charge on any atom is 0.248 e. The van der Waals surface area contributed by atoms with Crippen LogP contribution in [0.1, 0.15) is 44.1 Å². The SMILES string of the molecule is CS(=O)(=O)C1(C(=O)N2CC3(CCCC3)c3ccccc32)CCNCC1. The van der Waals surface area contributed by atoms with E-state index < -0.39 is 14.6 Å². The zero-order chi connectivity index (χ0) is 17.7. The van der Waals surface area contributed by atoms with E-state index in [0.717, 1.165) is 18.5 Å². The summed E-state index contributed by atoms with van der Waals surface area (Å²) in [5.41, 5.74) is 2.19. The molecule has 1 aromatic carbocycles. The first-order chi connectivity index (χ1) is 11.9. The van der Waals surface area contributed by atoms with Crippen LogP contribution in [0.2, 0.25) is 0 Å². The first kappa shape index (κ1) is 17.0. The molecule has 2 heterocycles. The normalized spacial score (nSPS) is 24.4.